The Morgan fingerprint density at radius 3 is 2.81 bits per heavy atom. The van der Waals surface area contributed by atoms with Gasteiger partial charge < -0.3 is 10.2 Å². The van der Waals surface area contributed by atoms with Crippen LogP contribution in [-0.4, -0.2) is 36.1 Å². The summed E-state index contributed by atoms with van der Waals surface area (Å²) < 4.78 is 0. The summed E-state index contributed by atoms with van der Waals surface area (Å²) in [5, 5.41) is 3.87. The molecule has 88 valence electrons. The second kappa shape index (κ2) is 5.46. The number of nitrogens with one attached hydrogen (secondary N) is 1. The highest BCUT2D eigenvalue weighted by Crippen LogP contribution is 2.17. The molecule has 4 nitrogen and oxygen atoms in total. The molecule has 1 fully saturated rings. The van der Waals surface area contributed by atoms with Gasteiger partial charge in [0.05, 0.1) is 0 Å². The molecule has 0 spiro atoms. The van der Waals surface area contributed by atoms with Crippen molar-refractivity contribution in [1.82, 2.24) is 15.3 Å². The van der Waals surface area contributed by atoms with Crippen LogP contribution in [0, 0.1) is 0 Å². The molecule has 0 unspecified atom stereocenters. The third kappa shape index (κ3) is 2.83. The summed E-state index contributed by atoms with van der Waals surface area (Å²) in [6.07, 6.45) is 1.93. The van der Waals surface area contributed by atoms with Gasteiger partial charge in [-0.05, 0) is 6.42 Å². The van der Waals surface area contributed by atoms with Gasteiger partial charge in [-0.25, -0.2) is 9.97 Å². The highest BCUT2D eigenvalue weighted by Gasteiger charge is 2.13. The Bertz CT molecular complexity index is 350. The van der Waals surface area contributed by atoms with E-state index in [1.54, 1.807) is 0 Å². The molecule has 1 aliphatic rings. The summed E-state index contributed by atoms with van der Waals surface area (Å²) in [5.74, 6) is 1.81. The number of hydrogen-bond acceptors (Lipinski definition) is 4. The van der Waals surface area contributed by atoms with E-state index >= 15 is 0 Å². The van der Waals surface area contributed by atoms with Crippen molar-refractivity contribution in [3.8, 4) is 0 Å². The van der Waals surface area contributed by atoms with E-state index in [9.17, 15) is 0 Å². The molecule has 1 aromatic heterocycles. The van der Waals surface area contributed by atoms with Crippen molar-refractivity contribution < 1.29 is 0 Å². The number of nitrogens with zero attached hydrogens (tertiary/aromatic N) is 3. The fraction of sp³-hybridized carbons (Fsp3) is 0.636. The molecule has 16 heavy (non-hydrogen) atoms. The van der Waals surface area contributed by atoms with Crippen molar-refractivity contribution >= 4 is 17.4 Å². The molecule has 2 heterocycles. The zero-order chi connectivity index (χ0) is 11.4. The molecule has 1 aromatic rings. The summed E-state index contributed by atoms with van der Waals surface area (Å²) >= 11 is 6.01. The first-order valence-electron chi connectivity index (χ1n) is 5.78. The predicted octanol–water partition coefficient (Wildman–Crippen LogP) is 1.49. The molecule has 0 radical (unpaired) electrons. The van der Waals surface area contributed by atoms with Gasteiger partial charge in [-0.2, -0.15) is 0 Å². The van der Waals surface area contributed by atoms with Crippen LogP contribution in [0.2, 0.25) is 5.15 Å². The number of aromatic nitrogens is 2. The van der Waals surface area contributed by atoms with E-state index in [4.69, 9.17) is 11.6 Å². The summed E-state index contributed by atoms with van der Waals surface area (Å²) in [6, 6.07) is 1.85. The fourth-order valence-corrected chi connectivity index (χ4v) is 2.04. The third-order valence-corrected chi connectivity index (χ3v) is 2.84. The van der Waals surface area contributed by atoms with Gasteiger partial charge in [-0.1, -0.05) is 18.5 Å². The number of anilines is 1. The van der Waals surface area contributed by atoms with Crippen LogP contribution >= 0.6 is 11.6 Å². The van der Waals surface area contributed by atoms with Crippen LogP contribution < -0.4 is 10.2 Å². The minimum Gasteiger partial charge on any atom is -0.354 e. The van der Waals surface area contributed by atoms with Crippen molar-refractivity contribution in [2.24, 2.45) is 0 Å². The lowest BCUT2D eigenvalue weighted by Gasteiger charge is -2.28. The summed E-state index contributed by atoms with van der Waals surface area (Å²) in [7, 11) is 0. The maximum atomic E-state index is 6.01. The number of rotatable bonds is 3. The Morgan fingerprint density at radius 1 is 1.38 bits per heavy atom. The smallest absolute Gasteiger partial charge is 0.134 e. The van der Waals surface area contributed by atoms with Crippen molar-refractivity contribution in [2.45, 2.75) is 19.8 Å². The standard InChI is InChI=1S/C11H17ClN4/c1-2-3-10-14-9(12)8-11(15-10)16-6-4-13-5-7-16/h8,13H,2-7H2,1H3. The second-order valence-corrected chi connectivity index (χ2v) is 4.34. The van der Waals surface area contributed by atoms with Crippen molar-refractivity contribution in [2.75, 3.05) is 31.1 Å². The van der Waals surface area contributed by atoms with Crippen LogP contribution in [0.1, 0.15) is 19.2 Å². The molecule has 1 saturated heterocycles. The Morgan fingerprint density at radius 2 is 2.12 bits per heavy atom. The van der Waals surface area contributed by atoms with Crippen LogP contribution in [0.3, 0.4) is 0 Å². The second-order valence-electron chi connectivity index (χ2n) is 3.95. The molecule has 5 heteroatoms. The van der Waals surface area contributed by atoms with Gasteiger partial charge in [0, 0.05) is 38.7 Å². The van der Waals surface area contributed by atoms with Crippen LogP contribution in [0.4, 0.5) is 5.82 Å². The highest BCUT2D eigenvalue weighted by atomic mass is 35.5. The molecular weight excluding hydrogens is 224 g/mol. The van der Waals surface area contributed by atoms with Gasteiger partial charge in [0.15, 0.2) is 0 Å². The lowest BCUT2D eigenvalue weighted by atomic mass is 10.3. The van der Waals surface area contributed by atoms with E-state index in [1.807, 2.05) is 6.07 Å². The van der Waals surface area contributed by atoms with Crippen molar-refractivity contribution in [3.63, 3.8) is 0 Å². The minimum absolute atomic E-state index is 0.548. The Balaban J connectivity index is 2.18. The summed E-state index contributed by atoms with van der Waals surface area (Å²) in [5.41, 5.74) is 0. The number of halogens is 1. The molecule has 1 aliphatic heterocycles. The minimum atomic E-state index is 0.548. The monoisotopic (exact) mass is 240 g/mol. The number of aryl methyl sites for hydroxylation is 1. The van der Waals surface area contributed by atoms with Crippen molar-refractivity contribution in [1.29, 1.82) is 0 Å². The van der Waals surface area contributed by atoms with Crippen molar-refractivity contribution in [3.05, 3.63) is 17.0 Å². The van der Waals surface area contributed by atoms with Gasteiger partial charge in [0.2, 0.25) is 0 Å². The van der Waals surface area contributed by atoms with E-state index < -0.39 is 0 Å². The molecule has 0 atom stereocenters. The van der Waals surface area contributed by atoms with E-state index in [2.05, 4.69) is 27.1 Å². The topological polar surface area (TPSA) is 41.1 Å². The average molecular weight is 241 g/mol. The quantitative estimate of drug-likeness (QED) is 0.813. The van der Waals surface area contributed by atoms with Crippen LogP contribution in [-0.2, 0) is 6.42 Å². The Kier molecular flexibility index (Phi) is 3.96. The molecule has 2 rings (SSSR count). The maximum absolute atomic E-state index is 6.01. The first-order valence-corrected chi connectivity index (χ1v) is 6.16. The summed E-state index contributed by atoms with van der Waals surface area (Å²) in [4.78, 5) is 11.0. The zero-order valence-corrected chi connectivity index (χ0v) is 10.3. The maximum Gasteiger partial charge on any atom is 0.134 e. The van der Waals surface area contributed by atoms with Crippen LogP contribution in [0.25, 0.3) is 0 Å². The van der Waals surface area contributed by atoms with Gasteiger partial charge in [-0.3, -0.25) is 0 Å². The third-order valence-electron chi connectivity index (χ3n) is 2.64. The van der Waals surface area contributed by atoms with E-state index in [-0.39, 0.29) is 0 Å². The van der Waals surface area contributed by atoms with E-state index in [1.165, 1.54) is 0 Å². The van der Waals surface area contributed by atoms with E-state index in [0.29, 0.717) is 5.15 Å². The summed E-state index contributed by atoms with van der Waals surface area (Å²) in [6.45, 7) is 6.10. The van der Waals surface area contributed by atoms with Crippen LogP contribution in [0.15, 0.2) is 6.07 Å². The first-order chi connectivity index (χ1) is 7.79. The average Bonchev–Trinajstić information content (AvgIpc) is 2.30. The SMILES string of the molecule is CCCc1nc(Cl)cc(N2CCNCC2)n1. The molecule has 0 amide bonds. The Labute approximate surface area is 101 Å². The van der Waals surface area contributed by atoms with E-state index in [0.717, 1.165) is 50.7 Å². The molecule has 0 aliphatic carbocycles. The normalized spacial score (nSPS) is 16.5. The predicted molar refractivity (Wildman–Crippen MR) is 66.1 cm³/mol. The van der Waals surface area contributed by atoms with Gasteiger partial charge in [-0.15, -0.1) is 0 Å². The van der Waals surface area contributed by atoms with Gasteiger partial charge in [0.1, 0.15) is 16.8 Å². The molecular formula is C11H17ClN4. The van der Waals surface area contributed by atoms with Gasteiger partial charge >= 0.3 is 0 Å². The lowest BCUT2D eigenvalue weighted by molar-refractivity contribution is 0.583. The lowest BCUT2D eigenvalue weighted by Crippen LogP contribution is -2.44. The molecule has 0 saturated carbocycles. The number of hydrogen-bond donors (Lipinski definition) is 1. The van der Waals surface area contributed by atoms with Crippen LogP contribution in [0.5, 0.6) is 0 Å². The first kappa shape index (κ1) is 11.6. The molecule has 0 aromatic carbocycles. The largest absolute Gasteiger partial charge is 0.354 e. The number of piperazine rings is 1. The van der Waals surface area contributed by atoms with Gasteiger partial charge in [0.25, 0.3) is 0 Å². The molecule has 1 N–H and O–H groups in total. The Hall–Kier alpha value is -0.870. The fourth-order valence-electron chi connectivity index (χ4n) is 1.84. The molecule has 0 bridgehead atoms. The zero-order valence-electron chi connectivity index (χ0n) is 9.54. The highest BCUT2D eigenvalue weighted by molar-refractivity contribution is 6.29.